The molecule has 0 radical (unpaired) electrons. The van der Waals surface area contributed by atoms with Crippen LogP contribution in [0, 0.1) is 13.8 Å². The average molecular weight is 334 g/mol. The van der Waals surface area contributed by atoms with E-state index in [1.54, 1.807) is 0 Å². The zero-order valence-electron chi connectivity index (χ0n) is 14.1. The van der Waals surface area contributed by atoms with Gasteiger partial charge in [0.25, 0.3) is 0 Å². The summed E-state index contributed by atoms with van der Waals surface area (Å²) in [6, 6.07) is 15.1. The third kappa shape index (κ3) is 3.98. The Kier molecular flexibility index (Phi) is 4.70. The van der Waals surface area contributed by atoms with Gasteiger partial charge in [-0.05, 0) is 25.5 Å². The van der Waals surface area contributed by atoms with Crippen LogP contribution in [0.5, 0.6) is 0 Å². The first-order valence-electron chi connectivity index (χ1n) is 7.89. The molecule has 0 bridgehead atoms. The highest BCUT2D eigenvalue weighted by Gasteiger charge is 2.09. The predicted octanol–water partition coefficient (Wildman–Crippen LogP) is 2.56. The maximum absolute atomic E-state index is 12.1. The Labute approximate surface area is 145 Å². The Morgan fingerprint density at radius 3 is 2.48 bits per heavy atom. The molecule has 1 heterocycles. The molecule has 3 rings (SSSR count). The van der Waals surface area contributed by atoms with Crippen molar-refractivity contribution in [1.29, 1.82) is 0 Å². The Hall–Kier alpha value is -3.28. The number of nitrogens with one attached hydrogen (secondary N) is 1. The van der Waals surface area contributed by atoms with Gasteiger partial charge < -0.3 is 5.32 Å². The molecule has 0 fully saturated rings. The molecule has 0 spiro atoms. The first-order valence-corrected chi connectivity index (χ1v) is 7.89. The highest BCUT2D eigenvalue weighted by Crippen LogP contribution is 2.15. The highest BCUT2D eigenvalue weighted by atomic mass is 16.2. The third-order valence-corrected chi connectivity index (χ3v) is 3.82. The highest BCUT2D eigenvalue weighted by molar-refractivity contribution is 5.91. The van der Waals surface area contributed by atoms with Crippen molar-refractivity contribution in [3.05, 3.63) is 76.3 Å². The van der Waals surface area contributed by atoms with Crippen molar-refractivity contribution >= 4 is 11.6 Å². The van der Waals surface area contributed by atoms with Gasteiger partial charge in [-0.15, -0.1) is 0 Å². The molecule has 0 aliphatic carbocycles. The molecule has 1 amide bonds. The van der Waals surface area contributed by atoms with Crippen LogP contribution < -0.4 is 11.0 Å². The van der Waals surface area contributed by atoms with E-state index in [9.17, 15) is 9.59 Å². The topological polar surface area (TPSA) is 76.9 Å². The molecule has 0 aliphatic heterocycles. The van der Waals surface area contributed by atoms with Gasteiger partial charge in [-0.2, -0.15) is 10.1 Å². The van der Waals surface area contributed by atoms with Gasteiger partial charge in [-0.1, -0.05) is 48.0 Å². The number of aryl methyl sites for hydroxylation is 2. The minimum Gasteiger partial charge on any atom is -0.324 e. The summed E-state index contributed by atoms with van der Waals surface area (Å²) in [6.07, 6.45) is 1.49. The van der Waals surface area contributed by atoms with Crippen LogP contribution in [0.2, 0.25) is 0 Å². The number of carbonyl (C=O) groups is 1. The molecule has 3 aromatic rings. The molecular weight excluding hydrogens is 316 g/mol. The molecule has 0 atom stereocenters. The number of para-hydroxylation sites is 1. The van der Waals surface area contributed by atoms with Gasteiger partial charge in [0.15, 0.2) is 0 Å². The second-order valence-electron chi connectivity index (χ2n) is 5.81. The molecule has 0 saturated carbocycles. The molecule has 6 nitrogen and oxygen atoms in total. The maximum Gasteiger partial charge on any atom is 0.365 e. The smallest absolute Gasteiger partial charge is 0.324 e. The lowest BCUT2D eigenvalue weighted by Gasteiger charge is -2.09. The fraction of sp³-hybridized carbons (Fsp3) is 0.158. The fourth-order valence-electron chi connectivity index (χ4n) is 2.37. The molecule has 0 saturated heterocycles. The fourth-order valence-corrected chi connectivity index (χ4v) is 2.37. The monoisotopic (exact) mass is 334 g/mol. The molecule has 1 aromatic heterocycles. The Bertz CT molecular complexity index is 962. The van der Waals surface area contributed by atoms with Gasteiger partial charge in [0.1, 0.15) is 6.54 Å². The predicted molar refractivity (Wildman–Crippen MR) is 96.3 cm³/mol. The van der Waals surface area contributed by atoms with Crippen molar-refractivity contribution in [3.8, 4) is 11.3 Å². The van der Waals surface area contributed by atoms with Gasteiger partial charge in [-0.3, -0.25) is 4.79 Å². The number of hydrogen-bond acceptors (Lipinski definition) is 4. The summed E-state index contributed by atoms with van der Waals surface area (Å²) in [6.45, 7) is 3.70. The lowest BCUT2D eigenvalue weighted by atomic mass is 10.1. The molecule has 2 aromatic carbocycles. The number of nitrogens with zero attached hydrogens (tertiary/aromatic N) is 3. The minimum absolute atomic E-state index is 0.186. The van der Waals surface area contributed by atoms with Gasteiger partial charge >= 0.3 is 5.69 Å². The number of amides is 1. The van der Waals surface area contributed by atoms with E-state index in [1.165, 1.54) is 6.20 Å². The molecule has 126 valence electrons. The van der Waals surface area contributed by atoms with Gasteiger partial charge in [0.05, 0.1) is 11.9 Å². The van der Waals surface area contributed by atoms with Gasteiger partial charge in [0.2, 0.25) is 5.91 Å². The van der Waals surface area contributed by atoms with E-state index in [-0.39, 0.29) is 12.5 Å². The zero-order valence-corrected chi connectivity index (χ0v) is 14.1. The first-order chi connectivity index (χ1) is 12.0. The summed E-state index contributed by atoms with van der Waals surface area (Å²) >= 11 is 0. The first kappa shape index (κ1) is 16.6. The summed E-state index contributed by atoms with van der Waals surface area (Å²) in [5.74, 6) is -0.325. The Morgan fingerprint density at radius 2 is 1.80 bits per heavy atom. The summed E-state index contributed by atoms with van der Waals surface area (Å²) in [7, 11) is 0. The molecule has 1 N–H and O–H groups in total. The largest absolute Gasteiger partial charge is 0.365 e. The number of benzene rings is 2. The number of rotatable bonds is 4. The van der Waals surface area contributed by atoms with E-state index < -0.39 is 5.69 Å². The zero-order chi connectivity index (χ0) is 17.8. The second-order valence-corrected chi connectivity index (χ2v) is 5.81. The molecule has 6 heteroatoms. The van der Waals surface area contributed by atoms with Crippen LogP contribution in [0.1, 0.15) is 11.1 Å². The Balaban J connectivity index is 1.75. The molecular formula is C19H18N4O2. The molecule has 25 heavy (non-hydrogen) atoms. The van der Waals surface area contributed by atoms with Gasteiger partial charge in [0, 0.05) is 11.3 Å². The molecule has 0 unspecified atom stereocenters. The summed E-state index contributed by atoms with van der Waals surface area (Å²) < 4.78 is 1.05. The van der Waals surface area contributed by atoms with Crippen LogP contribution in [0.4, 0.5) is 5.69 Å². The van der Waals surface area contributed by atoms with E-state index in [0.717, 1.165) is 21.4 Å². The maximum atomic E-state index is 12.1. The SMILES string of the molecule is Cc1ccc(-c2cnn(CC(=O)Nc3ccccc3C)c(=O)n2)cc1. The van der Waals surface area contributed by atoms with Crippen LogP contribution in [0.15, 0.2) is 59.5 Å². The van der Waals surface area contributed by atoms with Crippen LogP contribution in [-0.2, 0) is 11.3 Å². The minimum atomic E-state index is -0.557. The van der Waals surface area contributed by atoms with E-state index in [1.807, 2.05) is 62.4 Å². The summed E-state index contributed by atoms with van der Waals surface area (Å²) in [5, 5.41) is 6.83. The second kappa shape index (κ2) is 7.09. The van der Waals surface area contributed by atoms with Crippen LogP contribution in [-0.4, -0.2) is 20.7 Å². The van der Waals surface area contributed by atoms with Crippen molar-refractivity contribution in [2.45, 2.75) is 20.4 Å². The van der Waals surface area contributed by atoms with E-state index in [0.29, 0.717) is 11.4 Å². The normalized spacial score (nSPS) is 10.5. The van der Waals surface area contributed by atoms with Crippen molar-refractivity contribution in [2.24, 2.45) is 0 Å². The van der Waals surface area contributed by atoms with E-state index in [4.69, 9.17) is 0 Å². The lowest BCUT2D eigenvalue weighted by molar-refractivity contribution is -0.117. The van der Waals surface area contributed by atoms with Crippen LogP contribution in [0.25, 0.3) is 11.3 Å². The van der Waals surface area contributed by atoms with Crippen molar-refractivity contribution in [3.63, 3.8) is 0 Å². The van der Waals surface area contributed by atoms with Crippen LogP contribution >= 0.6 is 0 Å². The van der Waals surface area contributed by atoms with Crippen molar-refractivity contribution in [1.82, 2.24) is 14.8 Å². The van der Waals surface area contributed by atoms with E-state index in [2.05, 4.69) is 15.4 Å². The Morgan fingerprint density at radius 1 is 1.08 bits per heavy atom. The third-order valence-electron chi connectivity index (χ3n) is 3.82. The van der Waals surface area contributed by atoms with E-state index >= 15 is 0 Å². The van der Waals surface area contributed by atoms with Crippen molar-refractivity contribution < 1.29 is 4.79 Å². The number of hydrogen-bond donors (Lipinski definition) is 1. The summed E-state index contributed by atoms with van der Waals surface area (Å²) in [5.41, 5.74) is 3.52. The lowest BCUT2D eigenvalue weighted by Crippen LogP contribution is -2.31. The number of carbonyl (C=O) groups excluding carboxylic acids is 1. The quantitative estimate of drug-likeness (QED) is 0.795. The van der Waals surface area contributed by atoms with Crippen LogP contribution in [0.3, 0.4) is 0 Å². The number of aromatic nitrogens is 3. The van der Waals surface area contributed by atoms with Gasteiger partial charge in [-0.25, -0.2) is 9.48 Å². The number of anilines is 1. The van der Waals surface area contributed by atoms with Crippen molar-refractivity contribution in [2.75, 3.05) is 5.32 Å². The average Bonchev–Trinajstić information content (AvgIpc) is 2.59. The molecule has 0 aliphatic rings. The summed E-state index contributed by atoms with van der Waals surface area (Å²) in [4.78, 5) is 28.3. The standard InChI is InChI=1S/C19H18N4O2/c1-13-7-9-15(10-8-13)17-11-20-23(19(25)22-17)12-18(24)21-16-6-4-3-5-14(16)2/h3-11H,12H2,1-2H3,(H,21,24).